The Balaban J connectivity index is 1.66. The zero-order valence-electron chi connectivity index (χ0n) is 18.1. The Bertz CT molecular complexity index is 1070. The molecule has 32 heavy (non-hydrogen) atoms. The summed E-state index contributed by atoms with van der Waals surface area (Å²) in [6.07, 6.45) is 1.42. The maximum atomic E-state index is 12.7. The number of aryl methyl sites for hydroxylation is 1. The van der Waals surface area contributed by atoms with Crippen molar-refractivity contribution in [3.05, 3.63) is 71.0 Å². The first-order chi connectivity index (χ1) is 15.3. The Labute approximate surface area is 196 Å². The molecule has 0 bridgehead atoms. The van der Waals surface area contributed by atoms with Gasteiger partial charge in [-0.2, -0.15) is 0 Å². The number of ether oxygens (including phenoxy) is 1. The number of hydrogen-bond acceptors (Lipinski definition) is 6. The molecule has 1 unspecified atom stereocenters. The predicted molar refractivity (Wildman–Crippen MR) is 125 cm³/mol. The molecule has 9 heteroatoms. The van der Waals surface area contributed by atoms with Gasteiger partial charge in [-0.25, -0.2) is 0 Å². The van der Waals surface area contributed by atoms with Crippen LogP contribution in [-0.2, 0) is 14.3 Å². The minimum atomic E-state index is -0.482. The van der Waals surface area contributed by atoms with Crippen molar-refractivity contribution in [3.8, 4) is 5.69 Å². The Kier molecular flexibility index (Phi) is 8.30. The molecule has 0 fully saturated rings. The lowest BCUT2D eigenvalue weighted by Gasteiger charge is -2.19. The topological polar surface area (TPSA) is 86.1 Å². The molecule has 3 aromatic rings. The van der Waals surface area contributed by atoms with E-state index >= 15 is 0 Å². The van der Waals surface area contributed by atoms with E-state index in [0.717, 1.165) is 16.8 Å². The molecule has 0 aliphatic heterocycles. The fourth-order valence-corrected chi connectivity index (χ4v) is 3.93. The lowest BCUT2D eigenvalue weighted by molar-refractivity contribution is -0.148. The molecule has 1 aromatic heterocycles. The van der Waals surface area contributed by atoms with Crippen LogP contribution < -0.4 is 5.32 Å². The summed E-state index contributed by atoms with van der Waals surface area (Å²) in [5, 5.41) is 12.2. The number of nitrogens with zero attached hydrogens (tertiary/aromatic N) is 3. The van der Waals surface area contributed by atoms with Gasteiger partial charge in [0.25, 0.3) is 0 Å². The molecule has 0 radical (unpaired) electrons. The van der Waals surface area contributed by atoms with Crippen LogP contribution in [-0.4, -0.2) is 38.5 Å². The van der Waals surface area contributed by atoms with Gasteiger partial charge in [0, 0.05) is 5.02 Å². The molecule has 1 atom stereocenters. The summed E-state index contributed by atoms with van der Waals surface area (Å²) >= 11 is 7.49. The average Bonchev–Trinajstić information content (AvgIpc) is 3.22. The summed E-state index contributed by atoms with van der Waals surface area (Å²) < 4.78 is 7.03. The normalized spacial score (nSPS) is 11.9. The number of benzene rings is 2. The zero-order valence-corrected chi connectivity index (χ0v) is 19.7. The van der Waals surface area contributed by atoms with E-state index in [1.54, 1.807) is 24.7 Å². The molecule has 0 spiro atoms. The fourth-order valence-electron chi connectivity index (χ4n) is 3.01. The van der Waals surface area contributed by atoms with Crippen molar-refractivity contribution in [1.82, 2.24) is 20.1 Å². The van der Waals surface area contributed by atoms with E-state index in [1.165, 1.54) is 11.8 Å². The van der Waals surface area contributed by atoms with Crippen molar-refractivity contribution in [2.24, 2.45) is 0 Å². The van der Waals surface area contributed by atoms with E-state index < -0.39 is 6.04 Å². The highest BCUT2D eigenvalue weighted by atomic mass is 35.5. The first-order valence-electron chi connectivity index (χ1n) is 10.2. The van der Waals surface area contributed by atoms with Crippen molar-refractivity contribution < 1.29 is 14.3 Å². The summed E-state index contributed by atoms with van der Waals surface area (Å²) in [4.78, 5) is 24.9. The molecular formula is C23H25ClN4O3S. The highest BCUT2D eigenvalue weighted by molar-refractivity contribution is 7.99. The molecule has 0 aliphatic rings. The van der Waals surface area contributed by atoms with Crippen LogP contribution in [0, 0.1) is 6.92 Å². The Morgan fingerprint density at radius 1 is 1.19 bits per heavy atom. The minimum absolute atomic E-state index is 0.0522. The summed E-state index contributed by atoms with van der Waals surface area (Å²) in [6, 6.07) is 14.5. The molecule has 2 aromatic carbocycles. The van der Waals surface area contributed by atoms with Crippen molar-refractivity contribution in [3.63, 3.8) is 0 Å². The second-order valence-electron chi connectivity index (χ2n) is 7.48. The molecule has 0 saturated carbocycles. The zero-order chi connectivity index (χ0) is 23.1. The number of esters is 1. The minimum Gasteiger partial charge on any atom is -0.463 e. The predicted octanol–water partition coefficient (Wildman–Crippen LogP) is 4.52. The van der Waals surface area contributed by atoms with Gasteiger partial charge in [-0.15, -0.1) is 10.2 Å². The van der Waals surface area contributed by atoms with Gasteiger partial charge in [0.15, 0.2) is 5.16 Å². The summed E-state index contributed by atoms with van der Waals surface area (Å²) in [5.41, 5.74) is 2.62. The van der Waals surface area contributed by atoms with Crippen LogP contribution in [0.15, 0.2) is 60.0 Å². The molecule has 168 valence electrons. The SMILES string of the molecule is Cc1ccc(-n2cnnc2SCC(=O)NC(CC(=O)OC(C)C)c2ccccc2)cc1Cl. The molecule has 1 amide bonds. The fraction of sp³-hybridized carbons (Fsp3) is 0.304. The van der Waals surface area contributed by atoms with E-state index in [0.29, 0.717) is 10.2 Å². The number of thioether (sulfide) groups is 1. The summed E-state index contributed by atoms with van der Waals surface area (Å²) in [5.74, 6) is -0.476. The van der Waals surface area contributed by atoms with Crippen LogP contribution in [0.4, 0.5) is 0 Å². The van der Waals surface area contributed by atoms with Gasteiger partial charge >= 0.3 is 5.97 Å². The third-order valence-electron chi connectivity index (χ3n) is 4.56. The molecule has 0 saturated heterocycles. The lowest BCUT2D eigenvalue weighted by atomic mass is 10.0. The Morgan fingerprint density at radius 3 is 2.62 bits per heavy atom. The van der Waals surface area contributed by atoms with Crippen LogP contribution in [0.5, 0.6) is 0 Å². The van der Waals surface area contributed by atoms with E-state index in [4.69, 9.17) is 16.3 Å². The van der Waals surface area contributed by atoms with Gasteiger partial charge in [0.05, 0.1) is 30.0 Å². The molecule has 1 N–H and O–H groups in total. The molecule has 1 heterocycles. The molecular weight excluding hydrogens is 448 g/mol. The second-order valence-corrected chi connectivity index (χ2v) is 8.83. The van der Waals surface area contributed by atoms with Crippen molar-refractivity contribution in [1.29, 1.82) is 0 Å². The molecule has 0 aliphatic carbocycles. The largest absolute Gasteiger partial charge is 0.463 e. The van der Waals surface area contributed by atoms with Gasteiger partial charge in [0.1, 0.15) is 6.33 Å². The van der Waals surface area contributed by atoms with Gasteiger partial charge in [0.2, 0.25) is 5.91 Å². The number of carbonyl (C=O) groups is 2. The third-order valence-corrected chi connectivity index (χ3v) is 5.91. The Hall–Kier alpha value is -2.84. The Morgan fingerprint density at radius 2 is 1.94 bits per heavy atom. The first kappa shape index (κ1) is 23.8. The summed E-state index contributed by atoms with van der Waals surface area (Å²) in [7, 11) is 0. The van der Waals surface area contributed by atoms with E-state index in [-0.39, 0.29) is 30.2 Å². The monoisotopic (exact) mass is 472 g/mol. The first-order valence-corrected chi connectivity index (χ1v) is 11.5. The van der Waals surface area contributed by atoms with Crippen LogP contribution in [0.25, 0.3) is 5.69 Å². The maximum absolute atomic E-state index is 12.7. The average molecular weight is 473 g/mol. The van der Waals surface area contributed by atoms with Crippen molar-refractivity contribution in [2.75, 3.05) is 5.75 Å². The van der Waals surface area contributed by atoms with Gasteiger partial charge in [-0.05, 0) is 44.0 Å². The van der Waals surface area contributed by atoms with E-state index in [2.05, 4.69) is 15.5 Å². The number of hydrogen-bond donors (Lipinski definition) is 1. The van der Waals surface area contributed by atoms with Gasteiger partial charge < -0.3 is 10.1 Å². The number of nitrogens with one attached hydrogen (secondary N) is 1. The number of carbonyl (C=O) groups excluding carboxylic acids is 2. The highest BCUT2D eigenvalue weighted by Crippen LogP contribution is 2.24. The van der Waals surface area contributed by atoms with E-state index in [9.17, 15) is 9.59 Å². The molecule has 7 nitrogen and oxygen atoms in total. The summed E-state index contributed by atoms with van der Waals surface area (Å²) in [6.45, 7) is 5.52. The van der Waals surface area contributed by atoms with Crippen LogP contribution in [0.1, 0.15) is 37.4 Å². The number of rotatable bonds is 9. The third kappa shape index (κ3) is 6.58. The lowest BCUT2D eigenvalue weighted by Crippen LogP contribution is -2.32. The molecule has 3 rings (SSSR count). The van der Waals surface area contributed by atoms with Gasteiger partial charge in [-0.3, -0.25) is 14.2 Å². The van der Waals surface area contributed by atoms with Crippen LogP contribution >= 0.6 is 23.4 Å². The van der Waals surface area contributed by atoms with Crippen molar-refractivity contribution in [2.45, 2.75) is 44.5 Å². The van der Waals surface area contributed by atoms with Gasteiger partial charge in [-0.1, -0.05) is 59.8 Å². The van der Waals surface area contributed by atoms with Crippen LogP contribution in [0.3, 0.4) is 0 Å². The second kappa shape index (κ2) is 11.2. The number of aromatic nitrogens is 3. The number of halogens is 1. The highest BCUT2D eigenvalue weighted by Gasteiger charge is 2.20. The van der Waals surface area contributed by atoms with E-state index in [1.807, 2.05) is 55.5 Å². The quantitative estimate of drug-likeness (QED) is 0.364. The number of amides is 1. The maximum Gasteiger partial charge on any atom is 0.308 e. The standard InChI is InChI=1S/C23H25ClN4O3S/c1-15(2)31-22(30)12-20(17-7-5-4-6-8-17)26-21(29)13-32-23-27-25-14-28(23)18-10-9-16(3)19(24)11-18/h4-11,14-15,20H,12-13H2,1-3H3,(H,26,29). The van der Waals surface area contributed by atoms with Crippen LogP contribution in [0.2, 0.25) is 5.02 Å². The van der Waals surface area contributed by atoms with Crippen molar-refractivity contribution >= 4 is 35.2 Å². The smallest absolute Gasteiger partial charge is 0.308 e.